The first-order chi connectivity index (χ1) is 53.3. The molecule has 0 aromatic heterocycles. The molecule has 2 rings (SSSR count). The minimum atomic E-state index is -2.69. The van der Waals surface area contributed by atoms with Crippen LogP contribution in [0.5, 0.6) is 0 Å². The molecule has 2 saturated heterocycles. The number of nitrogens with one attached hydrogen (secondary N) is 9. The van der Waals surface area contributed by atoms with Gasteiger partial charge in [0.2, 0.25) is 76.8 Å². The number of methoxy groups -OCH3 is 1. The van der Waals surface area contributed by atoms with Crippen molar-refractivity contribution in [2.45, 2.75) is 283 Å². The fourth-order valence-corrected chi connectivity index (χ4v) is 13.5. The van der Waals surface area contributed by atoms with E-state index in [2.05, 4.69) is 54.8 Å². The van der Waals surface area contributed by atoms with Gasteiger partial charge in [0.25, 0.3) is 5.91 Å². The summed E-state index contributed by atoms with van der Waals surface area (Å²) < 4.78 is 11.8. The third-order valence-electron chi connectivity index (χ3n) is 22.0. The lowest BCUT2D eigenvalue weighted by atomic mass is 9.79. The Labute approximate surface area is 667 Å². The van der Waals surface area contributed by atoms with E-state index >= 15 is 19.2 Å². The van der Waals surface area contributed by atoms with E-state index in [4.69, 9.17) is 38.1 Å². The number of carbonyl (C=O) groups excluding carboxylic acids is 15. The second kappa shape index (κ2) is 49.2. The molecule has 2 aliphatic rings. The molecular formula is C75H132N16O23. The molecule has 114 heavy (non-hydrogen) atoms. The first-order valence-electron chi connectivity index (χ1n) is 39.4. The normalized spacial score (nSPS) is 24.6. The van der Waals surface area contributed by atoms with E-state index in [0.717, 1.165) is 36.8 Å². The van der Waals surface area contributed by atoms with Crippen LogP contribution < -0.4 is 76.5 Å². The zero-order valence-electron chi connectivity index (χ0n) is 68.7. The Morgan fingerprint density at radius 1 is 0.632 bits per heavy atom. The lowest BCUT2D eigenvalue weighted by molar-refractivity contribution is -0.168. The number of aliphatic carboxylic acids is 1. The van der Waals surface area contributed by atoms with Crippen molar-refractivity contribution in [3.8, 4) is 0 Å². The van der Waals surface area contributed by atoms with Gasteiger partial charge >= 0.3 is 11.9 Å². The summed E-state index contributed by atoms with van der Waals surface area (Å²) >= 11 is 0. The van der Waals surface area contributed by atoms with Gasteiger partial charge < -0.3 is 121 Å². The van der Waals surface area contributed by atoms with Crippen LogP contribution in [0, 0.1) is 53.3 Å². The summed E-state index contributed by atoms with van der Waals surface area (Å²) in [5, 5.41) is 78.6. The van der Waals surface area contributed by atoms with E-state index < -0.39 is 266 Å². The molecule has 2 heterocycles. The van der Waals surface area contributed by atoms with Gasteiger partial charge in [-0.15, -0.1) is 0 Å². The molecule has 23 atom stereocenters. The first-order valence-corrected chi connectivity index (χ1v) is 39.4. The summed E-state index contributed by atoms with van der Waals surface area (Å²) in [6, 6.07) is -20.2. The van der Waals surface area contributed by atoms with E-state index in [1.807, 2.05) is 13.8 Å². The van der Waals surface area contributed by atoms with Crippen molar-refractivity contribution in [1.82, 2.24) is 57.7 Å². The molecule has 0 saturated carbocycles. The fraction of sp³-hybridized carbons (Fsp3) is 0.787. The van der Waals surface area contributed by atoms with E-state index in [-0.39, 0.29) is 82.8 Å². The number of carboxylic acids is 1. The van der Waals surface area contributed by atoms with Crippen LogP contribution in [0.15, 0.2) is 0 Å². The van der Waals surface area contributed by atoms with Crippen molar-refractivity contribution in [3.05, 3.63) is 0 Å². The van der Waals surface area contributed by atoms with Crippen molar-refractivity contribution in [1.29, 1.82) is 0 Å². The number of amides is 14. The number of rotatable bonds is 40. The van der Waals surface area contributed by atoms with Gasteiger partial charge in [-0.25, -0.2) is 4.79 Å². The summed E-state index contributed by atoms with van der Waals surface area (Å²) in [7, 11) is 2.31. The number of hydrogen-bond donors (Lipinski definition) is 19. The maximum Gasteiger partial charge on any atom is 0.329 e. The van der Waals surface area contributed by atoms with Gasteiger partial charge in [-0.3, -0.25) is 71.9 Å². The van der Waals surface area contributed by atoms with Gasteiger partial charge in [-0.1, -0.05) is 89.5 Å². The van der Waals surface area contributed by atoms with Gasteiger partial charge in [0.15, 0.2) is 6.10 Å². The summed E-state index contributed by atoms with van der Waals surface area (Å²) in [6.07, 6.45) is -11.4. The molecule has 0 spiro atoms. The number of nitrogens with zero attached hydrogens (tertiary/aromatic N) is 2. The van der Waals surface area contributed by atoms with Crippen molar-refractivity contribution in [2.75, 3.05) is 40.4 Å². The van der Waals surface area contributed by atoms with E-state index in [0.29, 0.717) is 5.92 Å². The van der Waals surface area contributed by atoms with Gasteiger partial charge in [0.1, 0.15) is 72.6 Å². The van der Waals surface area contributed by atoms with Gasteiger partial charge in [0.05, 0.1) is 37.2 Å². The second-order valence-corrected chi connectivity index (χ2v) is 31.5. The molecule has 39 heteroatoms. The van der Waals surface area contributed by atoms with E-state index in [9.17, 15) is 83.1 Å². The zero-order chi connectivity index (χ0) is 87.0. The van der Waals surface area contributed by atoms with Crippen LogP contribution in [0.4, 0.5) is 0 Å². The van der Waals surface area contributed by atoms with Crippen LogP contribution in [0.3, 0.4) is 0 Å². The van der Waals surface area contributed by atoms with Gasteiger partial charge in [-0.05, 0) is 132 Å². The predicted octanol–water partition coefficient (Wildman–Crippen LogP) is -4.48. The van der Waals surface area contributed by atoms with Crippen LogP contribution in [0.1, 0.15) is 186 Å². The molecule has 0 aliphatic carbocycles. The summed E-state index contributed by atoms with van der Waals surface area (Å²) in [6.45, 7) is 19.5. The van der Waals surface area contributed by atoms with Gasteiger partial charge in [-0.2, -0.15) is 0 Å². The number of nitrogens with two attached hydrogens (primary N) is 5. The molecule has 0 aromatic carbocycles. The third-order valence-corrected chi connectivity index (χ3v) is 22.0. The standard InChI is InChI=1S/C75H132N16O23/c1-16-37(6)32-38(7)40(9)59(97)43(12)64(101)82-46(21-19-28-76)65(102)81-45(24-26-53(78)93)60(98)61(99)72(109)87-56(41(10)42(11)63(80)100)69(106)89-58-62(39(8)36(4)5)114-75(112)52-23-17-18-30-91(52)74(111)49(33-55(95)96)85-70(107)57(44(13)113-15)88-68(105)51(25-27-54(79)94)90(14)73(110)48(31-35(2)3)84-66(103)47(22-20-29-77)83-67(104)50(34-92)86-71(58)108/h35-52,56-62,92,97-99H,16-34,76-77H2,1-15H3,(H2,78,93)(H2,79,94)(H2,80,100)(H,81,102)(H,82,101)(H,83,104)(H,84,103)(H,85,107)(H,86,108)(H,87,109)(H,88,105)(H,89,106)(H,95,96). The third kappa shape index (κ3) is 31.1. The monoisotopic (exact) mass is 1620 g/mol. The molecular weight excluding hydrogens is 1490 g/mol. The summed E-state index contributed by atoms with van der Waals surface area (Å²) in [5.74, 6) is -25.1. The molecule has 2 fully saturated rings. The van der Waals surface area contributed by atoms with Crippen LogP contribution >= 0.6 is 0 Å². The number of primary amides is 3. The molecule has 39 nitrogen and oxygen atoms in total. The average Bonchev–Trinajstić information content (AvgIpc) is 0.829. The van der Waals surface area contributed by atoms with Crippen molar-refractivity contribution in [3.63, 3.8) is 0 Å². The second-order valence-electron chi connectivity index (χ2n) is 31.5. The number of aliphatic hydroxyl groups is 4. The van der Waals surface area contributed by atoms with E-state index in [1.165, 1.54) is 34.6 Å². The highest BCUT2D eigenvalue weighted by Gasteiger charge is 2.48. The van der Waals surface area contributed by atoms with Crippen LogP contribution in [0.25, 0.3) is 0 Å². The topological polar surface area (TPSA) is 638 Å². The Balaban J connectivity index is 3.11. The van der Waals surface area contributed by atoms with Gasteiger partial charge in [0, 0.05) is 39.5 Å². The molecule has 23 unspecified atom stereocenters. The van der Waals surface area contributed by atoms with Crippen LogP contribution in [-0.2, 0) is 86.2 Å². The maximum atomic E-state index is 15.6. The van der Waals surface area contributed by atoms with Crippen LogP contribution in [0.2, 0.25) is 0 Å². The van der Waals surface area contributed by atoms with Crippen LogP contribution in [-0.4, -0.2) is 267 Å². The predicted molar refractivity (Wildman–Crippen MR) is 413 cm³/mol. The number of fused-ring (bicyclic) bond motifs is 1. The zero-order valence-corrected chi connectivity index (χ0v) is 68.7. The maximum absolute atomic E-state index is 15.6. The molecule has 14 amide bonds. The van der Waals surface area contributed by atoms with Crippen molar-refractivity contribution < 1.29 is 112 Å². The fourth-order valence-electron chi connectivity index (χ4n) is 13.5. The quantitative estimate of drug-likeness (QED) is 0.0257. The van der Waals surface area contributed by atoms with Crippen molar-refractivity contribution >= 4 is 94.6 Å². The Kier molecular flexibility index (Phi) is 43.7. The Hall–Kier alpha value is -8.76. The number of esters is 1. The molecule has 0 aromatic rings. The number of ether oxygens (including phenoxy) is 2. The highest BCUT2D eigenvalue weighted by atomic mass is 16.5. The molecule has 650 valence electrons. The smallest absolute Gasteiger partial charge is 0.329 e. The number of piperidine rings is 1. The summed E-state index contributed by atoms with van der Waals surface area (Å²) in [4.78, 5) is 230. The Morgan fingerprint density at radius 3 is 1.76 bits per heavy atom. The number of carboxylic acid groups (broad SMARTS) is 1. The van der Waals surface area contributed by atoms with Crippen molar-refractivity contribution in [2.24, 2.45) is 81.9 Å². The summed E-state index contributed by atoms with van der Waals surface area (Å²) in [5.41, 5.74) is 28.5. The Bertz CT molecular complexity index is 3260. The number of cyclic esters (lactones) is 1. The molecule has 24 N–H and O–H groups in total. The SMILES string of the molecule is CCC(C)CC(C)C(C)C(O)C(C)C(=O)NC(CCCN)C(=O)NC(CCC(N)=O)C(O)C(O)C(=O)NC(C(=O)NC1C(=O)NC(CO)C(=O)NC(CCCN)C(=O)NC(CC(C)C)C(=O)N(C)C(CCC(N)=O)C(=O)NC(C(C)OC)C(=O)NC(CC(=O)O)C(=O)N2CCCCC2C(=O)OC1C(C)C(C)C)C(C)C(C)C(N)=O. The van der Waals surface area contributed by atoms with E-state index in [1.54, 1.807) is 34.6 Å². The number of likely N-dealkylation sites (N-methyl/N-ethyl adjacent to an activating group) is 1. The number of carbonyl (C=O) groups is 16. The lowest BCUT2D eigenvalue weighted by Crippen LogP contribution is -2.65. The molecule has 2 aliphatic heterocycles. The highest BCUT2D eigenvalue weighted by molar-refractivity contribution is 6.00. The Morgan fingerprint density at radius 2 is 1.22 bits per heavy atom. The minimum Gasteiger partial charge on any atom is -0.481 e. The number of hydrogen-bond acceptors (Lipinski definition) is 24. The molecule has 0 radical (unpaired) electrons. The highest BCUT2D eigenvalue weighted by Crippen LogP contribution is 2.30. The average molecular weight is 1630 g/mol. The lowest BCUT2D eigenvalue weighted by Gasteiger charge is -2.39. The number of aliphatic hydroxyl groups excluding tert-OH is 4. The molecule has 0 bridgehead atoms. The first kappa shape index (κ1) is 101. The minimum absolute atomic E-state index is 0.00736. The largest absolute Gasteiger partial charge is 0.481 e.